The zero-order chi connectivity index (χ0) is 23.1. The number of aromatic nitrogens is 2. The van der Waals surface area contributed by atoms with Crippen LogP contribution in [0.5, 0.6) is 0 Å². The molecule has 0 aliphatic rings. The van der Waals surface area contributed by atoms with E-state index in [1.807, 2.05) is 27.7 Å². The van der Waals surface area contributed by atoms with Gasteiger partial charge in [-0.25, -0.2) is 9.37 Å². The number of aryl methyl sites for hydroxylation is 1. The Morgan fingerprint density at radius 3 is 2.13 bits per heavy atom. The molecule has 0 saturated heterocycles. The van der Waals surface area contributed by atoms with Gasteiger partial charge in [-0.3, -0.25) is 0 Å². The van der Waals surface area contributed by atoms with Crippen LogP contribution < -0.4 is 4.90 Å². The molecule has 9 heteroatoms. The SMILES string of the molecule is CC.CC.Cc1cc(F)cc(N(CC(F)(F)F)c2nc(Cl)nc3cc(Cl)ccc23)c1. The summed E-state index contributed by atoms with van der Waals surface area (Å²) in [4.78, 5) is 8.82. The zero-order valence-corrected chi connectivity index (χ0v) is 18.8. The first-order valence-corrected chi connectivity index (χ1v) is 10.1. The molecule has 0 unspecified atom stereocenters. The van der Waals surface area contributed by atoms with Gasteiger partial charge in [-0.05, 0) is 60.5 Å². The maximum absolute atomic E-state index is 13.8. The molecule has 0 bridgehead atoms. The highest BCUT2D eigenvalue weighted by Gasteiger charge is 2.33. The molecule has 0 amide bonds. The van der Waals surface area contributed by atoms with E-state index >= 15 is 0 Å². The Morgan fingerprint density at radius 1 is 0.933 bits per heavy atom. The lowest BCUT2D eigenvalue weighted by Gasteiger charge is -2.26. The van der Waals surface area contributed by atoms with Crippen molar-refractivity contribution in [3.8, 4) is 0 Å². The molecular formula is C21H23Cl2F4N3. The van der Waals surface area contributed by atoms with Gasteiger partial charge in [0, 0.05) is 16.1 Å². The van der Waals surface area contributed by atoms with E-state index in [4.69, 9.17) is 23.2 Å². The number of hydrogen-bond acceptors (Lipinski definition) is 3. The lowest BCUT2D eigenvalue weighted by atomic mass is 10.1. The number of halogens is 6. The fraction of sp³-hybridized carbons (Fsp3) is 0.333. The van der Waals surface area contributed by atoms with E-state index in [0.717, 1.165) is 11.0 Å². The van der Waals surface area contributed by atoms with Crippen molar-refractivity contribution >= 4 is 45.6 Å². The van der Waals surface area contributed by atoms with Crippen molar-refractivity contribution in [3.63, 3.8) is 0 Å². The van der Waals surface area contributed by atoms with E-state index < -0.39 is 18.5 Å². The summed E-state index contributed by atoms with van der Waals surface area (Å²) in [7, 11) is 0. The van der Waals surface area contributed by atoms with Crippen molar-refractivity contribution < 1.29 is 17.6 Å². The van der Waals surface area contributed by atoms with Crippen LogP contribution in [0.3, 0.4) is 0 Å². The number of anilines is 2. The third-order valence-electron chi connectivity index (χ3n) is 3.54. The van der Waals surface area contributed by atoms with Crippen molar-refractivity contribution in [2.75, 3.05) is 11.4 Å². The summed E-state index contributed by atoms with van der Waals surface area (Å²) in [6.45, 7) is 8.21. The molecule has 30 heavy (non-hydrogen) atoms. The Labute approximate surface area is 183 Å². The Hall–Kier alpha value is -2.12. The Bertz CT molecular complexity index is 953. The summed E-state index contributed by atoms with van der Waals surface area (Å²) in [5.41, 5.74) is 0.762. The number of fused-ring (bicyclic) bond motifs is 1. The van der Waals surface area contributed by atoms with Gasteiger partial charge in [-0.2, -0.15) is 18.2 Å². The molecule has 3 nitrogen and oxygen atoms in total. The molecule has 3 rings (SSSR count). The third kappa shape index (κ3) is 6.99. The first-order chi connectivity index (χ1) is 14.1. The minimum atomic E-state index is -4.56. The fourth-order valence-corrected chi connectivity index (χ4v) is 2.94. The van der Waals surface area contributed by atoms with Gasteiger partial charge in [0.1, 0.15) is 18.2 Å². The number of alkyl halides is 3. The Balaban J connectivity index is 0.00000106. The second-order valence-corrected chi connectivity index (χ2v) is 6.44. The Kier molecular flexibility index (Phi) is 9.78. The van der Waals surface area contributed by atoms with E-state index in [9.17, 15) is 17.6 Å². The van der Waals surface area contributed by atoms with Gasteiger partial charge in [0.25, 0.3) is 0 Å². The van der Waals surface area contributed by atoms with Crippen LogP contribution in [0, 0.1) is 12.7 Å². The summed E-state index contributed by atoms with van der Waals surface area (Å²) < 4.78 is 53.4. The van der Waals surface area contributed by atoms with Crippen LogP contribution in [0.15, 0.2) is 36.4 Å². The first-order valence-electron chi connectivity index (χ1n) is 9.37. The summed E-state index contributed by atoms with van der Waals surface area (Å²) in [6, 6.07) is 8.14. The molecule has 0 aliphatic heterocycles. The maximum atomic E-state index is 13.8. The lowest BCUT2D eigenvalue weighted by Crippen LogP contribution is -2.31. The average Bonchev–Trinajstić information content (AvgIpc) is 2.67. The van der Waals surface area contributed by atoms with Crippen LogP contribution in [-0.4, -0.2) is 22.7 Å². The molecule has 0 atom stereocenters. The molecule has 0 N–H and O–H groups in total. The molecule has 2 aromatic carbocycles. The van der Waals surface area contributed by atoms with Crippen LogP contribution in [0.25, 0.3) is 10.9 Å². The highest BCUT2D eigenvalue weighted by atomic mass is 35.5. The van der Waals surface area contributed by atoms with Crippen LogP contribution >= 0.6 is 23.2 Å². The molecule has 0 aliphatic carbocycles. The van der Waals surface area contributed by atoms with Crippen LogP contribution in [0.1, 0.15) is 33.3 Å². The van der Waals surface area contributed by atoms with Crippen LogP contribution in [0.2, 0.25) is 10.3 Å². The van der Waals surface area contributed by atoms with Gasteiger partial charge in [0.05, 0.1) is 5.52 Å². The Morgan fingerprint density at radius 2 is 1.57 bits per heavy atom. The van der Waals surface area contributed by atoms with Crippen molar-refractivity contribution in [1.82, 2.24) is 9.97 Å². The first kappa shape index (κ1) is 25.9. The van der Waals surface area contributed by atoms with Gasteiger partial charge < -0.3 is 4.90 Å². The molecule has 0 radical (unpaired) electrons. The number of nitrogens with zero attached hydrogens (tertiary/aromatic N) is 3. The second-order valence-electron chi connectivity index (χ2n) is 5.67. The van der Waals surface area contributed by atoms with Gasteiger partial charge in [0.2, 0.25) is 5.28 Å². The normalized spacial score (nSPS) is 10.6. The summed E-state index contributed by atoms with van der Waals surface area (Å²) >= 11 is 11.8. The highest BCUT2D eigenvalue weighted by molar-refractivity contribution is 6.31. The molecule has 164 valence electrons. The molecule has 0 fully saturated rings. The molecule has 1 aromatic heterocycles. The predicted molar refractivity (Wildman–Crippen MR) is 116 cm³/mol. The maximum Gasteiger partial charge on any atom is 0.406 e. The predicted octanol–water partition coefficient (Wildman–Crippen LogP) is 8.14. The second kappa shape index (κ2) is 11.3. The van der Waals surface area contributed by atoms with Crippen LogP contribution in [0.4, 0.5) is 29.1 Å². The molecule has 0 spiro atoms. The quantitative estimate of drug-likeness (QED) is 0.289. The van der Waals surface area contributed by atoms with Crippen molar-refractivity contribution in [1.29, 1.82) is 0 Å². The van der Waals surface area contributed by atoms with E-state index in [1.165, 1.54) is 30.3 Å². The van der Waals surface area contributed by atoms with Gasteiger partial charge in [-0.15, -0.1) is 0 Å². The molecule has 0 saturated carbocycles. The van der Waals surface area contributed by atoms with E-state index in [0.29, 0.717) is 16.0 Å². The summed E-state index contributed by atoms with van der Waals surface area (Å²) in [5, 5.41) is 0.419. The van der Waals surface area contributed by atoms with Crippen LogP contribution in [-0.2, 0) is 0 Å². The molecular weight excluding hydrogens is 441 g/mol. The highest BCUT2D eigenvalue weighted by Crippen LogP contribution is 2.35. The van der Waals surface area contributed by atoms with Gasteiger partial charge >= 0.3 is 6.18 Å². The fourth-order valence-electron chi connectivity index (χ4n) is 2.60. The van der Waals surface area contributed by atoms with Gasteiger partial charge in [-0.1, -0.05) is 39.3 Å². The minimum absolute atomic E-state index is 0.00541. The topological polar surface area (TPSA) is 29.0 Å². The van der Waals surface area contributed by atoms with E-state index in [-0.39, 0.29) is 22.3 Å². The molecule has 1 heterocycles. The number of rotatable bonds is 3. The number of hydrogen-bond donors (Lipinski definition) is 0. The third-order valence-corrected chi connectivity index (χ3v) is 3.95. The standard InChI is InChI=1S/C17H11Cl2F4N3.2C2H6/c1-9-4-11(20)7-12(5-9)26(8-17(21,22)23)15-13-3-2-10(18)6-14(13)24-16(19)25-15;2*1-2/h2-7H,8H2,1H3;2*1-2H3. The van der Waals surface area contributed by atoms with Crippen molar-refractivity contribution in [3.05, 3.63) is 58.1 Å². The average molecular weight is 464 g/mol. The minimum Gasteiger partial charge on any atom is -0.316 e. The number of benzene rings is 2. The largest absolute Gasteiger partial charge is 0.406 e. The van der Waals surface area contributed by atoms with Gasteiger partial charge in [0.15, 0.2) is 0 Å². The summed E-state index contributed by atoms with van der Waals surface area (Å²) in [6.07, 6.45) is -4.56. The molecule has 3 aromatic rings. The zero-order valence-electron chi connectivity index (χ0n) is 17.3. The van der Waals surface area contributed by atoms with E-state index in [1.54, 1.807) is 6.92 Å². The van der Waals surface area contributed by atoms with Crippen molar-refractivity contribution in [2.45, 2.75) is 40.8 Å². The summed E-state index contributed by atoms with van der Waals surface area (Å²) in [5.74, 6) is -0.737. The van der Waals surface area contributed by atoms with E-state index in [2.05, 4.69) is 9.97 Å². The monoisotopic (exact) mass is 463 g/mol. The lowest BCUT2D eigenvalue weighted by molar-refractivity contribution is -0.118. The van der Waals surface area contributed by atoms with Crippen molar-refractivity contribution in [2.24, 2.45) is 0 Å². The smallest absolute Gasteiger partial charge is 0.316 e.